The van der Waals surface area contributed by atoms with E-state index in [0.717, 1.165) is 34.0 Å². The summed E-state index contributed by atoms with van der Waals surface area (Å²) in [7, 11) is 1.63. The van der Waals surface area contributed by atoms with Gasteiger partial charge in [-0.05, 0) is 50.2 Å². The predicted molar refractivity (Wildman–Crippen MR) is 127 cm³/mol. The molecule has 5 rings (SSSR count). The molecule has 0 bridgehead atoms. The Bertz CT molecular complexity index is 1480. The normalized spacial score (nSPS) is 11.2. The van der Waals surface area contributed by atoms with Gasteiger partial charge in [-0.3, -0.25) is 9.36 Å². The molecule has 0 radical (unpaired) electrons. The predicted octanol–water partition coefficient (Wildman–Crippen LogP) is 4.68. The first-order chi connectivity index (χ1) is 16.0. The second kappa shape index (κ2) is 8.59. The summed E-state index contributed by atoms with van der Waals surface area (Å²) in [4.78, 5) is 28.6. The maximum atomic E-state index is 12.3. The van der Waals surface area contributed by atoms with Crippen molar-refractivity contribution in [2.75, 3.05) is 7.11 Å². The Morgan fingerprint density at radius 1 is 1.06 bits per heavy atom. The smallest absolute Gasteiger partial charge is 0.278 e. The maximum absolute atomic E-state index is 12.3. The van der Waals surface area contributed by atoms with Crippen molar-refractivity contribution in [2.45, 2.75) is 24.8 Å². The number of fused-ring (bicyclic) bond motifs is 1. The third-order valence-corrected chi connectivity index (χ3v) is 6.23. The van der Waals surface area contributed by atoms with Crippen molar-refractivity contribution in [1.82, 2.24) is 24.5 Å². The number of nitrogens with one attached hydrogen (secondary N) is 1. The Hall–Kier alpha value is -3.85. The lowest BCUT2D eigenvalue weighted by Crippen LogP contribution is -2.07. The summed E-state index contributed by atoms with van der Waals surface area (Å²) in [5, 5.41) is 0.659. The molecule has 0 amide bonds. The van der Waals surface area contributed by atoms with Crippen molar-refractivity contribution >= 4 is 22.9 Å². The van der Waals surface area contributed by atoms with Crippen molar-refractivity contribution in [2.24, 2.45) is 0 Å². The molecule has 9 heteroatoms. The standard InChI is InChI=1S/C24H21N5O3S/c1-14-4-8-17(9-5-14)29-21-20(22(30)26-13-25-21)28-24(29)33-12-19-15(2)32-23(27-19)16-6-10-18(31-3)11-7-16/h4-11,13H,12H2,1-3H3,(H,25,26,30). The number of methoxy groups -OCH3 is 1. The van der Waals surface area contributed by atoms with Crippen LogP contribution in [0.2, 0.25) is 0 Å². The van der Waals surface area contributed by atoms with E-state index in [-0.39, 0.29) is 5.56 Å². The molecular formula is C24H21N5O3S. The molecule has 0 spiro atoms. The van der Waals surface area contributed by atoms with E-state index in [4.69, 9.17) is 9.15 Å². The van der Waals surface area contributed by atoms with Crippen molar-refractivity contribution in [3.05, 3.63) is 82.2 Å². The highest BCUT2D eigenvalue weighted by atomic mass is 32.2. The molecule has 0 aliphatic rings. The minimum atomic E-state index is -0.271. The number of aromatic nitrogens is 5. The Morgan fingerprint density at radius 3 is 2.55 bits per heavy atom. The third kappa shape index (κ3) is 4.03. The molecule has 0 aliphatic heterocycles. The van der Waals surface area contributed by atoms with Crippen LogP contribution in [0, 0.1) is 13.8 Å². The van der Waals surface area contributed by atoms with Gasteiger partial charge in [-0.1, -0.05) is 29.5 Å². The number of oxazole rings is 1. The molecule has 166 valence electrons. The lowest BCUT2D eigenvalue weighted by atomic mass is 10.2. The zero-order valence-electron chi connectivity index (χ0n) is 18.3. The number of aryl methyl sites for hydroxylation is 2. The van der Waals surface area contributed by atoms with Gasteiger partial charge in [-0.25, -0.2) is 15.0 Å². The van der Waals surface area contributed by atoms with Gasteiger partial charge in [-0.2, -0.15) is 0 Å². The van der Waals surface area contributed by atoms with Crippen LogP contribution in [0.4, 0.5) is 0 Å². The molecule has 5 aromatic rings. The van der Waals surface area contributed by atoms with E-state index in [1.165, 1.54) is 18.1 Å². The Balaban J connectivity index is 1.48. The zero-order valence-corrected chi connectivity index (χ0v) is 19.1. The Kier molecular flexibility index (Phi) is 5.47. The zero-order chi connectivity index (χ0) is 22.9. The molecular weight excluding hydrogens is 438 g/mol. The quantitative estimate of drug-likeness (QED) is 0.368. The van der Waals surface area contributed by atoms with E-state index >= 15 is 0 Å². The fourth-order valence-corrected chi connectivity index (χ4v) is 4.47. The van der Waals surface area contributed by atoms with E-state index in [2.05, 4.69) is 19.9 Å². The molecule has 0 saturated carbocycles. The summed E-state index contributed by atoms with van der Waals surface area (Å²) in [6.07, 6.45) is 1.40. The lowest BCUT2D eigenvalue weighted by Gasteiger charge is -2.08. The van der Waals surface area contributed by atoms with Crippen molar-refractivity contribution in [3.8, 4) is 22.9 Å². The monoisotopic (exact) mass is 459 g/mol. The molecule has 2 aromatic carbocycles. The van der Waals surface area contributed by atoms with Crippen LogP contribution in [-0.4, -0.2) is 31.6 Å². The Labute approximate surface area is 193 Å². The molecule has 3 heterocycles. The van der Waals surface area contributed by atoms with Gasteiger partial charge in [0.15, 0.2) is 16.3 Å². The fourth-order valence-electron chi connectivity index (χ4n) is 3.46. The number of H-pyrrole nitrogens is 1. The van der Waals surface area contributed by atoms with E-state index < -0.39 is 0 Å². The second-order valence-corrected chi connectivity index (χ2v) is 8.45. The van der Waals surface area contributed by atoms with Crippen LogP contribution < -0.4 is 10.3 Å². The van der Waals surface area contributed by atoms with E-state index in [1.54, 1.807) is 7.11 Å². The van der Waals surface area contributed by atoms with Crippen LogP contribution in [0.15, 0.2) is 69.2 Å². The SMILES string of the molecule is COc1ccc(-c2nc(CSc3nc4c(=O)[nH]cnc4n3-c3ccc(C)cc3)c(C)o2)cc1. The van der Waals surface area contributed by atoms with Crippen molar-refractivity contribution < 1.29 is 9.15 Å². The molecule has 33 heavy (non-hydrogen) atoms. The van der Waals surface area contributed by atoms with Gasteiger partial charge < -0.3 is 14.1 Å². The summed E-state index contributed by atoms with van der Waals surface area (Å²) in [5.74, 6) is 2.59. The number of benzene rings is 2. The number of nitrogens with zero attached hydrogens (tertiary/aromatic N) is 4. The average molecular weight is 460 g/mol. The van der Waals surface area contributed by atoms with Crippen LogP contribution >= 0.6 is 11.8 Å². The first kappa shape index (κ1) is 21.0. The molecule has 0 aliphatic carbocycles. The number of hydrogen-bond donors (Lipinski definition) is 1. The van der Waals surface area contributed by atoms with E-state index in [0.29, 0.717) is 28.0 Å². The van der Waals surface area contributed by atoms with Gasteiger partial charge in [0.05, 0.1) is 19.1 Å². The highest BCUT2D eigenvalue weighted by Crippen LogP contribution is 2.31. The molecule has 0 atom stereocenters. The summed E-state index contributed by atoms with van der Waals surface area (Å²) >= 11 is 1.48. The van der Waals surface area contributed by atoms with Gasteiger partial charge >= 0.3 is 0 Å². The second-order valence-electron chi connectivity index (χ2n) is 7.51. The highest BCUT2D eigenvalue weighted by molar-refractivity contribution is 7.98. The molecule has 3 aromatic heterocycles. The van der Waals surface area contributed by atoms with Gasteiger partial charge in [0.1, 0.15) is 11.5 Å². The van der Waals surface area contributed by atoms with E-state index in [1.807, 2.05) is 66.9 Å². The molecule has 1 N–H and O–H groups in total. The van der Waals surface area contributed by atoms with Gasteiger partial charge in [0.2, 0.25) is 5.89 Å². The minimum Gasteiger partial charge on any atom is -0.497 e. The Morgan fingerprint density at radius 2 is 1.82 bits per heavy atom. The van der Waals surface area contributed by atoms with Crippen LogP contribution in [0.1, 0.15) is 17.0 Å². The summed E-state index contributed by atoms with van der Waals surface area (Å²) in [6, 6.07) is 15.6. The molecule has 0 saturated heterocycles. The summed E-state index contributed by atoms with van der Waals surface area (Å²) in [6.45, 7) is 3.92. The third-order valence-electron chi connectivity index (χ3n) is 5.28. The van der Waals surface area contributed by atoms with Crippen LogP contribution in [0.3, 0.4) is 0 Å². The lowest BCUT2D eigenvalue weighted by molar-refractivity contribution is 0.415. The van der Waals surface area contributed by atoms with Crippen LogP contribution in [0.5, 0.6) is 5.75 Å². The highest BCUT2D eigenvalue weighted by Gasteiger charge is 2.18. The minimum absolute atomic E-state index is 0.271. The molecule has 0 unspecified atom stereocenters. The van der Waals surface area contributed by atoms with Crippen LogP contribution in [-0.2, 0) is 5.75 Å². The number of thioether (sulfide) groups is 1. The summed E-state index contributed by atoms with van der Waals surface area (Å²) < 4.78 is 13.0. The van der Waals surface area contributed by atoms with Gasteiger partial charge in [0.25, 0.3) is 5.56 Å². The number of aromatic amines is 1. The van der Waals surface area contributed by atoms with Gasteiger partial charge in [-0.15, -0.1) is 0 Å². The topological polar surface area (TPSA) is 98.8 Å². The fraction of sp³-hybridized carbons (Fsp3) is 0.167. The molecule has 0 fully saturated rings. The molecule has 8 nitrogen and oxygen atoms in total. The number of ether oxygens (including phenoxy) is 1. The van der Waals surface area contributed by atoms with Crippen LogP contribution in [0.25, 0.3) is 28.3 Å². The first-order valence-corrected chi connectivity index (χ1v) is 11.3. The van der Waals surface area contributed by atoms with E-state index in [9.17, 15) is 4.79 Å². The van der Waals surface area contributed by atoms with Crippen molar-refractivity contribution in [3.63, 3.8) is 0 Å². The summed E-state index contributed by atoms with van der Waals surface area (Å²) in [5.41, 5.74) is 4.27. The number of hydrogen-bond acceptors (Lipinski definition) is 7. The average Bonchev–Trinajstić information content (AvgIpc) is 3.39. The largest absolute Gasteiger partial charge is 0.497 e. The van der Waals surface area contributed by atoms with Crippen molar-refractivity contribution in [1.29, 1.82) is 0 Å². The maximum Gasteiger partial charge on any atom is 0.278 e. The van der Waals surface area contributed by atoms with Gasteiger partial charge in [0, 0.05) is 17.0 Å². The number of imidazole rings is 1. The first-order valence-electron chi connectivity index (χ1n) is 10.3. The number of rotatable bonds is 6.